The van der Waals surface area contributed by atoms with Crippen molar-refractivity contribution in [3.05, 3.63) is 54.1 Å². The average Bonchev–Trinajstić information content (AvgIpc) is 2.46. The maximum atomic E-state index is 11.9. The Hall–Kier alpha value is -2.49. The van der Waals surface area contributed by atoms with Crippen LogP contribution in [0.5, 0.6) is 5.75 Å². The molecule has 0 saturated heterocycles. The summed E-state index contributed by atoms with van der Waals surface area (Å²) in [6.45, 7) is 6.38. The zero-order valence-corrected chi connectivity index (χ0v) is 13.2. The van der Waals surface area contributed by atoms with E-state index in [0.717, 1.165) is 5.69 Å². The predicted octanol–water partition coefficient (Wildman–Crippen LogP) is 3.58. The summed E-state index contributed by atoms with van der Waals surface area (Å²) in [7, 11) is 0. The smallest absolute Gasteiger partial charge is 0.262 e. The van der Waals surface area contributed by atoms with Crippen LogP contribution >= 0.6 is 0 Å². The molecule has 0 aromatic heterocycles. The number of hydrogen-bond acceptors (Lipinski definition) is 3. The Morgan fingerprint density at radius 1 is 1.09 bits per heavy atom. The number of nitrogens with one attached hydrogen (secondary N) is 1. The van der Waals surface area contributed by atoms with Gasteiger partial charge in [0.1, 0.15) is 5.75 Å². The molecule has 0 bridgehead atoms. The van der Waals surface area contributed by atoms with Gasteiger partial charge in [-0.05, 0) is 35.2 Å². The molecule has 0 radical (unpaired) electrons. The van der Waals surface area contributed by atoms with E-state index in [0.29, 0.717) is 11.4 Å². The standard InChI is InChI=1S/C18H22N2O2/c1-18(2,3)13-8-10-14(11-9-13)20-17(21)12-22-16-7-5-4-6-15(16)19/h4-11H,12,19H2,1-3H3,(H,20,21). The molecule has 2 aromatic rings. The van der Waals surface area contributed by atoms with Crippen molar-refractivity contribution < 1.29 is 9.53 Å². The lowest BCUT2D eigenvalue weighted by molar-refractivity contribution is -0.118. The maximum Gasteiger partial charge on any atom is 0.262 e. The van der Waals surface area contributed by atoms with E-state index in [1.54, 1.807) is 12.1 Å². The van der Waals surface area contributed by atoms with Gasteiger partial charge < -0.3 is 15.8 Å². The van der Waals surface area contributed by atoms with Gasteiger partial charge in [0.2, 0.25) is 0 Å². The van der Waals surface area contributed by atoms with Crippen LogP contribution in [0, 0.1) is 0 Å². The first-order valence-electron chi connectivity index (χ1n) is 7.24. The molecule has 0 aliphatic rings. The molecular weight excluding hydrogens is 276 g/mol. The first-order chi connectivity index (χ1) is 10.4. The van der Waals surface area contributed by atoms with Gasteiger partial charge >= 0.3 is 0 Å². The van der Waals surface area contributed by atoms with E-state index in [1.165, 1.54) is 5.56 Å². The number of rotatable bonds is 4. The van der Waals surface area contributed by atoms with Crippen molar-refractivity contribution in [2.24, 2.45) is 0 Å². The Labute approximate surface area is 131 Å². The molecule has 1 amide bonds. The molecule has 0 saturated carbocycles. The minimum Gasteiger partial charge on any atom is -0.482 e. The Morgan fingerprint density at radius 3 is 2.32 bits per heavy atom. The third-order valence-electron chi connectivity index (χ3n) is 3.31. The third-order valence-corrected chi connectivity index (χ3v) is 3.31. The molecule has 0 unspecified atom stereocenters. The molecule has 3 N–H and O–H groups in total. The zero-order chi connectivity index (χ0) is 16.2. The van der Waals surface area contributed by atoms with Crippen LogP contribution in [0.25, 0.3) is 0 Å². The minimum atomic E-state index is -0.216. The summed E-state index contributed by atoms with van der Waals surface area (Å²) < 4.78 is 5.41. The molecule has 0 aliphatic carbocycles. The lowest BCUT2D eigenvalue weighted by Crippen LogP contribution is -2.20. The zero-order valence-electron chi connectivity index (χ0n) is 13.2. The largest absolute Gasteiger partial charge is 0.482 e. The highest BCUT2D eigenvalue weighted by atomic mass is 16.5. The van der Waals surface area contributed by atoms with Crippen molar-refractivity contribution >= 4 is 17.3 Å². The van der Waals surface area contributed by atoms with E-state index in [1.807, 2.05) is 36.4 Å². The number of carbonyl (C=O) groups is 1. The first kappa shape index (κ1) is 15.9. The Kier molecular flexibility index (Phi) is 4.71. The molecule has 0 heterocycles. The molecule has 0 spiro atoms. The van der Waals surface area contributed by atoms with Gasteiger partial charge in [-0.2, -0.15) is 0 Å². The van der Waals surface area contributed by atoms with Gasteiger partial charge in [-0.1, -0.05) is 45.0 Å². The minimum absolute atomic E-state index is 0.0742. The van der Waals surface area contributed by atoms with Crippen molar-refractivity contribution in [3.8, 4) is 5.75 Å². The number of hydrogen-bond donors (Lipinski definition) is 2. The van der Waals surface area contributed by atoms with Crippen LogP contribution in [0.3, 0.4) is 0 Å². The first-order valence-corrected chi connectivity index (χ1v) is 7.24. The highest BCUT2D eigenvalue weighted by molar-refractivity contribution is 5.91. The number of amides is 1. The van der Waals surface area contributed by atoms with E-state index in [9.17, 15) is 4.79 Å². The Bertz CT molecular complexity index is 643. The molecule has 4 heteroatoms. The van der Waals surface area contributed by atoms with E-state index in [-0.39, 0.29) is 17.9 Å². The fourth-order valence-electron chi connectivity index (χ4n) is 2.01. The van der Waals surface area contributed by atoms with E-state index in [2.05, 4.69) is 26.1 Å². The maximum absolute atomic E-state index is 11.9. The van der Waals surface area contributed by atoms with Gasteiger partial charge in [-0.15, -0.1) is 0 Å². The number of carbonyl (C=O) groups excluding carboxylic acids is 1. The second-order valence-electron chi connectivity index (χ2n) is 6.20. The third kappa shape index (κ3) is 4.25. The lowest BCUT2D eigenvalue weighted by atomic mass is 9.87. The Morgan fingerprint density at radius 2 is 1.73 bits per heavy atom. The highest BCUT2D eigenvalue weighted by Gasteiger charge is 2.13. The number of benzene rings is 2. The van der Waals surface area contributed by atoms with Crippen LogP contribution in [-0.4, -0.2) is 12.5 Å². The normalized spacial score (nSPS) is 11.0. The molecule has 4 nitrogen and oxygen atoms in total. The van der Waals surface area contributed by atoms with Gasteiger partial charge in [-0.3, -0.25) is 4.79 Å². The van der Waals surface area contributed by atoms with Crippen molar-refractivity contribution in [2.45, 2.75) is 26.2 Å². The van der Waals surface area contributed by atoms with Crippen molar-refractivity contribution in [3.63, 3.8) is 0 Å². The highest BCUT2D eigenvalue weighted by Crippen LogP contribution is 2.23. The second-order valence-corrected chi connectivity index (χ2v) is 6.20. The second kappa shape index (κ2) is 6.52. The molecular formula is C18H22N2O2. The number of anilines is 2. The van der Waals surface area contributed by atoms with Gasteiger partial charge in [0, 0.05) is 5.69 Å². The van der Waals surface area contributed by atoms with Crippen LogP contribution in [-0.2, 0) is 10.2 Å². The fraction of sp³-hybridized carbons (Fsp3) is 0.278. The Balaban J connectivity index is 1.91. The summed E-state index contributed by atoms with van der Waals surface area (Å²) in [5, 5.41) is 2.81. The lowest BCUT2D eigenvalue weighted by Gasteiger charge is -2.19. The monoisotopic (exact) mass is 298 g/mol. The van der Waals surface area contributed by atoms with Gasteiger partial charge in [0.05, 0.1) is 5.69 Å². The molecule has 22 heavy (non-hydrogen) atoms. The van der Waals surface area contributed by atoms with Crippen LogP contribution in [0.1, 0.15) is 26.3 Å². The molecule has 2 rings (SSSR count). The van der Waals surface area contributed by atoms with E-state index < -0.39 is 0 Å². The number of nitrogen functional groups attached to an aromatic ring is 1. The summed E-state index contributed by atoms with van der Waals surface area (Å²) in [6, 6.07) is 14.9. The van der Waals surface area contributed by atoms with Crippen molar-refractivity contribution in [1.82, 2.24) is 0 Å². The van der Waals surface area contributed by atoms with Crippen LogP contribution in [0.2, 0.25) is 0 Å². The quantitative estimate of drug-likeness (QED) is 0.848. The number of ether oxygens (including phenoxy) is 1. The molecule has 116 valence electrons. The molecule has 0 atom stereocenters. The van der Waals surface area contributed by atoms with Crippen molar-refractivity contribution in [1.29, 1.82) is 0 Å². The van der Waals surface area contributed by atoms with Crippen LogP contribution in [0.15, 0.2) is 48.5 Å². The van der Waals surface area contributed by atoms with Gasteiger partial charge in [-0.25, -0.2) is 0 Å². The van der Waals surface area contributed by atoms with Crippen molar-refractivity contribution in [2.75, 3.05) is 17.7 Å². The summed E-state index contributed by atoms with van der Waals surface area (Å²) in [5.74, 6) is 0.299. The van der Waals surface area contributed by atoms with Crippen LogP contribution < -0.4 is 15.8 Å². The number of nitrogens with two attached hydrogens (primary N) is 1. The molecule has 0 aliphatic heterocycles. The topological polar surface area (TPSA) is 64.3 Å². The molecule has 2 aromatic carbocycles. The summed E-state index contributed by atoms with van der Waals surface area (Å²) >= 11 is 0. The van der Waals surface area contributed by atoms with E-state index in [4.69, 9.17) is 10.5 Å². The fourth-order valence-corrected chi connectivity index (χ4v) is 2.01. The van der Waals surface area contributed by atoms with Crippen LogP contribution in [0.4, 0.5) is 11.4 Å². The SMILES string of the molecule is CC(C)(C)c1ccc(NC(=O)COc2ccccc2N)cc1. The molecule has 0 fully saturated rings. The summed E-state index contributed by atoms with van der Waals surface area (Å²) in [4.78, 5) is 11.9. The predicted molar refractivity (Wildman–Crippen MR) is 90.1 cm³/mol. The summed E-state index contributed by atoms with van der Waals surface area (Å²) in [6.07, 6.45) is 0. The number of para-hydroxylation sites is 2. The summed E-state index contributed by atoms with van der Waals surface area (Å²) in [5.41, 5.74) is 8.35. The van der Waals surface area contributed by atoms with E-state index >= 15 is 0 Å². The average molecular weight is 298 g/mol. The van der Waals surface area contributed by atoms with Gasteiger partial charge in [0.25, 0.3) is 5.91 Å². The van der Waals surface area contributed by atoms with Gasteiger partial charge in [0.15, 0.2) is 6.61 Å².